The van der Waals surface area contributed by atoms with Crippen LogP contribution in [0.1, 0.15) is 0 Å². The molecule has 0 bridgehead atoms. The summed E-state index contributed by atoms with van der Waals surface area (Å²) in [5.74, 6) is 0. The number of hydrogen-bond donors (Lipinski definition) is 2. The van der Waals surface area contributed by atoms with Crippen LogP contribution in [0, 0.1) is 0 Å². The maximum absolute atomic E-state index is 12.2. The molecule has 1 heterocycles. The number of nitrogen functional groups attached to an aromatic ring is 1. The number of nitrogens with one attached hydrogen (secondary N) is 1. The molecule has 106 valence electrons. The number of anilines is 2. The zero-order valence-electron chi connectivity index (χ0n) is 9.77. The Morgan fingerprint density at radius 3 is 2.55 bits per heavy atom. The second-order valence-corrected chi connectivity index (χ2v) is 7.06. The maximum atomic E-state index is 12.2. The van der Waals surface area contributed by atoms with Crippen LogP contribution in [0.25, 0.3) is 0 Å². The fourth-order valence-electron chi connectivity index (χ4n) is 1.42. The van der Waals surface area contributed by atoms with Crippen LogP contribution in [0.4, 0.5) is 11.4 Å². The third kappa shape index (κ3) is 3.35. The zero-order valence-corrected chi connectivity index (χ0v) is 13.7. The summed E-state index contributed by atoms with van der Waals surface area (Å²) in [4.78, 5) is 3.76. The molecule has 0 fully saturated rings. The van der Waals surface area contributed by atoms with E-state index in [1.807, 2.05) is 0 Å². The van der Waals surface area contributed by atoms with Crippen molar-refractivity contribution < 1.29 is 8.42 Å². The Kier molecular flexibility index (Phi) is 4.43. The number of sulfonamides is 1. The molecule has 2 rings (SSSR count). The highest BCUT2D eigenvalue weighted by molar-refractivity contribution is 9.10. The number of hydrogen-bond acceptors (Lipinski definition) is 4. The molecule has 0 spiro atoms. The van der Waals surface area contributed by atoms with Crippen LogP contribution in [0.2, 0.25) is 10.2 Å². The predicted octanol–water partition coefficient (Wildman–Crippen LogP) is 3.53. The fourth-order valence-corrected chi connectivity index (χ4v) is 3.46. The number of nitrogens with two attached hydrogens (primary N) is 1. The van der Waals surface area contributed by atoms with Crippen LogP contribution in [-0.4, -0.2) is 13.4 Å². The van der Waals surface area contributed by atoms with E-state index in [2.05, 4.69) is 25.6 Å². The molecule has 0 saturated heterocycles. The first-order chi connectivity index (χ1) is 9.29. The van der Waals surface area contributed by atoms with Gasteiger partial charge in [0.1, 0.15) is 10.0 Å². The summed E-state index contributed by atoms with van der Waals surface area (Å²) in [6.07, 6.45) is 1.30. The van der Waals surface area contributed by atoms with Crippen LogP contribution in [0.3, 0.4) is 0 Å². The normalized spacial score (nSPS) is 11.3. The van der Waals surface area contributed by atoms with Gasteiger partial charge in [0.05, 0.1) is 21.4 Å². The lowest BCUT2D eigenvalue weighted by atomic mass is 10.3. The Balaban J connectivity index is 2.38. The Morgan fingerprint density at radius 1 is 1.25 bits per heavy atom. The minimum atomic E-state index is -3.83. The molecule has 5 nitrogen and oxygen atoms in total. The molecule has 9 heteroatoms. The van der Waals surface area contributed by atoms with Crippen molar-refractivity contribution >= 4 is 60.5 Å². The summed E-state index contributed by atoms with van der Waals surface area (Å²) < 4.78 is 27.3. The van der Waals surface area contributed by atoms with Crippen LogP contribution in [-0.2, 0) is 10.0 Å². The quantitative estimate of drug-likeness (QED) is 0.613. The number of aromatic nitrogens is 1. The van der Waals surface area contributed by atoms with E-state index in [-0.39, 0.29) is 20.8 Å². The van der Waals surface area contributed by atoms with Crippen LogP contribution >= 0.6 is 39.1 Å². The Bertz CT molecular complexity index is 768. The van der Waals surface area contributed by atoms with Crippen molar-refractivity contribution in [3.05, 3.63) is 45.1 Å². The van der Waals surface area contributed by atoms with E-state index in [0.717, 1.165) is 0 Å². The van der Waals surface area contributed by atoms with Gasteiger partial charge in [0.15, 0.2) is 0 Å². The molecule has 20 heavy (non-hydrogen) atoms. The highest BCUT2D eigenvalue weighted by Gasteiger charge is 2.18. The van der Waals surface area contributed by atoms with Crippen molar-refractivity contribution in [3.8, 4) is 0 Å². The van der Waals surface area contributed by atoms with Gasteiger partial charge in [-0.1, -0.05) is 23.2 Å². The molecule has 0 saturated carbocycles. The van der Waals surface area contributed by atoms with Gasteiger partial charge in [-0.15, -0.1) is 0 Å². The first kappa shape index (κ1) is 15.4. The molecule has 1 aromatic carbocycles. The van der Waals surface area contributed by atoms with E-state index < -0.39 is 10.0 Å². The number of benzene rings is 1. The Morgan fingerprint density at radius 2 is 1.95 bits per heavy atom. The van der Waals surface area contributed by atoms with Gasteiger partial charge in [-0.25, -0.2) is 13.4 Å². The van der Waals surface area contributed by atoms with Crippen molar-refractivity contribution in [2.45, 2.75) is 4.90 Å². The van der Waals surface area contributed by atoms with Gasteiger partial charge in [0.2, 0.25) is 0 Å². The fraction of sp³-hybridized carbons (Fsp3) is 0. The van der Waals surface area contributed by atoms with Crippen LogP contribution in [0.5, 0.6) is 0 Å². The molecule has 0 aliphatic heterocycles. The summed E-state index contributed by atoms with van der Waals surface area (Å²) in [6.45, 7) is 0. The number of pyridine rings is 1. The van der Waals surface area contributed by atoms with Crippen molar-refractivity contribution in [3.63, 3.8) is 0 Å². The molecule has 2 aromatic rings. The standard InChI is InChI=1S/C11H8BrCl2N3O2S/c12-8-4-7(5-16-11(8)14)17-20(18,19)10-2-1-6(15)3-9(10)13/h1-5,17H,15H2. The summed E-state index contributed by atoms with van der Waals surface area (Å²) in [7, 11) is -3.83. The minimum Gasteiger partial charge on any atom is -0.399 e. The minimum absolute atomic E-state index is 0.0403. The molecule has 3 N–H and O–H groups in total. The lowest BCUT2D eigenvalue weighted by Crippen LogP contribution is -2.13. The van der Waals surface area contributed by atoms with E-state index in [0.29, 0.717) is 10.2 Å². The molecule has 1 aromatic heterocycles. The second-order valence-electron chi connectivity index (χ2n) is 3.79. The van der Waals surface area contributed by atoms with E-state index >= 15 is 0 Å². The smallest absolute Gasteiger partial charge is 0.263 e. The highest BCUT2D eigenvalue weighted by Crippen LogP contribution is 2.27. The number of halogens is 3. The third-order valence-corrected chi connectivity index (χ3v) is 5.29. The third-order valence-electron chi connectivity index (χ3n) is 2.29. The predicted molar refractivity (Wildman–Crippen MR) is 83.6 cm³/mol. The summed E-state index contributed by atoms with van der Waals surface area (Å²) in [6, 6.07) is 5.65. The average molecular weight is 397 g/mol. The van der Waals surface area contributed by atoms with Crippen molar-refractivity contribution in [1.82, 2.24) is 4.98 Å². The molecule has 0 radical (unpaired) electrons. The molecule has 0 amide bonds. The lowest BCUT2D eigenvalue weighted by molar-refractivity contribution is 0.601. The SMILES string of the molecule is Nc1ccc(S(=O)(=O)Nc2cnc(Cl)c(Br)c2)c(Cl)c1. The summed E-state index contributed by atoms with van der Waals surface area (Å²) in [5, 5.41) is 0.275. The van der Waals surface area contributed by atoms with Gasteiger partial charge < -0.3 is 5.73 Å². The Labute approximate surface area is 134 Å². The second kappa shape index (κ2) is 5.77. The topological polar surface area (TPSA) is 85.1 Å². The highest BCUT2D eigenvalue weighted by atomic mass is 79.9. The van der Waals surface area contributed by atoms with Gasteiger partial charge in [-0.3, -0.25) is 4.72 Å². The first-order valence-corrected chi connectivity index (χ1v) is 8.22. The first-order valence-electron chi connectivity index (χ1n) is 5.18. The van der Waals surface area contributed by atoms with Gasteiger partial charge in [0.25, 0.3) is 10.0 Å². The molecule has 0 unspecified atom stereocenters. The monoisotopic (exact) mass is 395 g/mol. The summed E-state index contributed by atoms with van der Waals surface area (Å²) in [5.41, 5.74) is 6.17. The zero-order chi connectivity index (χ0) is 14.9. The Hall–Kier alpha value is -1.02. The van der Waals surface area contributed by atoms with E-state index in [1.54, 1.807) is 0 Å². The van der Waals surface area contributed by atoms with Gasteiger partial charge in [-0.2, -0.15) is 0 Å². The van der Waals surface area contributed by atoms with Gasteiger partial charge in [0, 0.05) is 5.69 Å². The van der Waals surface area contributed by atoms with Crippen LogP contribution < -0.4 is 10.5 Å². The molecular weight excluding hydrogens is 389 g/mol. The molecular formula is C11H8BrCl2N3O2S. The number of nitrogens with zero attached hydrogens (tertiary/aromatic N) is 1. The van der Waals surface area contributed by atoms with Crippen molar-refractivity contribution in [2.24, 2.45) is 0 Å². The van der Waals surface area contributed by atoms with Crippen molar-refractivity contribution in [1.29, 1.82) is 0 Å². The maximum Gasteiger partial charge on any atom is 0.263 e. The molecule has 0 aliphatic rings. The molecule has 0 atom stereocenters. The average Bonchev–Trinajstić information content (AvgIpc) is 2.33. The van der Waals surface area contributed by atoms with Gasteiger partial charge in [-0.05, 0) is 40.2 Å². The largest absolute Gasteiger partial charge is 0.399 e. The summed E-state index contributed by atoms with van der Waals surface area (Å²) >= 11 is 14.8. The van der Waals surface area contributed by atoms with E-state index in [4.69, 9.17) is 28.9 Å². The van der Waals surface area contributed by atoms with Gasteiger partial charge >= 0.3 is 0 Å². The van der Waals surface area contributed by atoms with E-state index in [9.17, 15) is 8.42 Å². The lowest BCUT2D eigenvalue weighted by Gasteiger charge is -2.10. The van der Waals surface area contributed by atoms with Crippen molar-refractivity contribution in [2.75, 3.05) is 10.5 Å². The number of rotatable bonds is 3. The van der Waals surface area contributed by atoms with Crippen LogP contribution in [0.15, 0.2) is 39.8 Å². The van der Waals surface area contributed by atoms with E-state index in [1.165, 1.54) is 30.5 Å². The molecule has 0 aliphatic carbocycles.